The lowest BCUT2D eigenvalue weighted by Gasteiger charge is -2.25. The molecule has 0 saturated heterocycles. The minimum Gasteiger partial charge on any atom is -0.459 e. The maximum absolute atomic E-state index is 13.1. The second-order valence-electron chi connectivity index (χ2n) is 7.40. The molecule has 1 aliphatic heterocycles. The number of nitrogens with zero attached hydrogens (tertiary/aromatic N) is 2. The third kappa shape index (κ3) is 3.76. The van der Waals surface area contributed by atoms with Crippen molar-refractivity contribution in [3.05, 3.63) is 77.6 Å². The van der Waals surface area contributed by atoms with Crippen molar-refractivity contribution >= 4 is 10.0 Å². The van der Waals surface area contributed by atoms with E-state index in [4.69, 9.17) is 4.42 Å². The molecule has 1 aliphatic rings. The lowest BCUT2D eigenvalue weighted by Crippen LogP contribution is -2.35. The van der Waals surface area contributed by atoms with Crippen molar-refractivity contribution in [2.45, 2.75) is 24.4 Å². The van der Waals surface area contributed by atoms with Crippen molar-refractivity contribution in [3.63, 3.8) is 0 Å². The highest BCUT2D eigenvalue weighted by molar-refractivity contribution is 7.89. The fraction of sp³-hybridized carbons (Fsp3) is 0.273. The molecule has 0 aliphatic carbocycles. The summed E-state index contributed by atoms with van der Waals surface area (Å²) < 4.78 is 33.7. The van der Waals surface area contributed by atoms with E-state index in [9.17, 15) is 8.42 Å². The van der Waals surface area contributed by atoms with Crippen LogP contribution in [0.25, 0.3) is 11.3 Å². The van der Waals surface area contributed by atoms with Gasteiger partial charge in [-0.3, -0.25) is 0 Å². The molecule has 4 rings (SSSR count). The highest BCUT2D eigenvalue weighted by Crippen LogP contribution is 2.31. The number of benzene rings is 2. The molecule has 0 saturated carbocycles. The van der Waals surface area contributed by atoms with Crippen molar-refractivity contribution in [1.29, 1.82) is 0 Å². The van der Waals surface area contributed by atoms with Crippen LogP contribution in [0.15, 0.2) is 70.0 Å². The smallest absolute Gasteiger partial charge is 0.243 e. The van der Waals surface area contributed by atoms with E-state index in [1.54, 1.807) is 12.1 Å². The molecule has 0 radical (unpaired) electrons. The molecule has 28 heavy (non-hydrogen) atoms. The minimum atomic E-state index is -3.55. The molecule has 0 fully saturated rings. The van der Waals surface area contributed by atoms with E-state index in [0.29, 0.717) is 17.9 Å². The number of rotatable bonds is 5. The average molecular weight is 397 g/mol. The summed E-state index contributed by atoms with van der Waals surface area (Å²) in [5.41, 5.74) is 3.18. The molecular weight excluding hydrogens is 372 g/mol. The molecule has 0 amide bonds. The highest BCUT2D eigenvalue weighted by Gasteiger charge is 2.30. The van der Waals surface area contributed by atoms with E-state index >= 15 is 0 Å². The monoisotopic (exact) mass is 396 g/mol. The molecule has 5 nitrogen and oxygen atoms in total. The van der Waals surface area contributed by atoms with E-state index in [1.165, 1.54) is 4.31 Å². The zero-order valence-corrected chi connectivity index (χ0v) is 16.9. The summed E-state index contributed by atoms with van der Waals surface area (Å²) in [7, 11) is 0.433. The van der Waals surface area contributed by atoms with Gasteiger partial charge in [0.1, 0.15) is 11.5 Å². The van der Waals surface area contributed by atoms with Gasteiger partial charge in [-0.15, -0.1) is 0 Å². The van der Waals surface area contributed by atoms with Crippen LogP contribution in [0.3, 0.4) is 0 Å². The molecule has 0 unspecified atom stereocenters. The van der Waals surface area contributed by atoms with Gasteiger partial charge in [0.2, 0.25) is 10.0 Å². The van der Waals surface area contributed by atoms with Crippen LogP contribution in [-0.4, -0.2) is 38.3 Å². The maximum Gasteiger partial charge on any atom is 0.243 e. The Morgan fingerprint density at radius 1 is 1.04 bits per heavy atom. The molecule has 6 heteroatoms. The predicted molar refractivity (Wildman–Crippen MR) is 109 cm³/mol. The molecule has 2 aromatic carbocycles. The fourth-order valence-electron chi connectivity index (χ4n) is 3.53. The van der Waals surface area contributed by atoms with Gasteiger partial charge >= 0.3 is 0 Å². The second-order valence-corrected chi connectivity index (χ2v) is 9.33. The van der Waals surface area contributed by atoms with Gasteiger partial charge < -0.3 is 9.32 Å². The van der Waals surface area contributed by atoms with Crippen LogP contribution in [0, 0.1) is 0 Å². The number of furan rings is 1. The summed E-state index contributed by atoms with van der Waals surface area (Å²) in [6, 6.07) is 19.1. The first-order valence-electron chi connectivity index (χ1n) is 9.34. The number of hydrogen-bond acceptors (Lipinski definition) is 4. The zero-order chi connectivity index (χ0) is 19.7. The fourth-order valence-corrected chi connectivity index (χ4v) is 4.92. The largest absolute Gasteiger partial charge is 0.459 e. The molecule has 0 bridgehead atoms. The van der Waals surface area contributed by atoms with Crippen molar-refractivity contribution in [1.82, 2.24) is 9.21 Å². The normalized spacial score (nSPS) is 15.0. The van der Waals surface area contributed by atoms with Crippen molar-refractivity contribution in [2.75, 3.05) is 20.6 Å². The Bertz CT molecular complexity index is 1050. The number of sulfonamides is 1. The molecular formula is C22H24N2O3S. The first-order valence-corrected chi connectivity index (χ1v) is 10.8. The van der Waals surface area contributed by atoms with Gasteiger partial charge in [-0.2, -0.15) is 4.31 Å². The Morgan fingerprint density at radius 2 is 1.75 bits per heavy atom. The van der Waals surface area contributed by atoms with Gasteiger partial charge in [0, 0.05) is 18.7 Å². The van der Waals surface area contributed by atoms with E-state index in [-0.39, 0.29) is 6.54 Å². The third-order valence-electron chi connectivity index (χ3n) is 4.97. The number of hydrogen-bond donors (Lipinski definition) is 0. The average Bonchev–Trinajstić information content (AvgIpc) is 3.12. The molecule has 3 aromatic rings. The van der Waals surface area contributed by atoms with Gasteiger partial charge in [-0.25, -0.2) is 8.42 Å². The lowest BCUT2D eigenvalue weighted by molar-refractivity contribution is 0.346. The Labute approximate surface area is 166 Å². The van der Waals surface area contributed by atoms with Gasteiger partial charge in [-0.1, -0.05) is 42.5 Å². The van der Waals surface area contributed by atoms with Gasteiger partial charge in [0.25, 0.3) is 0 Å². The summed E-state index contributed by atoms with van der Waals surface area (Å²) in [5.74, 6) is 1.52. The summed E-state index contributed by atoms with van der Waals surface area (Å²) in [5, 5.41) is 0. The van der Waals surface area contributed by atoms with Crippen molar-refractivity contribution < 1.29 is 12.8 Å². The van der Waals surface area contributed by atoms with E-state index in [0.717, 1.165) is 34.8 Å². The SMILES string of the molecule is CN(C)Cc1ccc(S(=O)(=O)N2CCc3cc(-c4ccccc4)oc3C2)cc1. The van der Waals surface area contributed by atoms with Gasteiger partial charge in [0.15, 0.2) is 0 Å². The first kappa shape index (κ1) is 18.9. The minimum absolute atomic E-state index is 0.268. The lowest BCUT2D eigenvalue weighted by atomic mass is 10.1. The summed E-state index contributed by atoms with van der Waals surface area (Å²) in [6.07, 6.45) is 0.656. The van der Waals surface area contributed by atoms with E-state index in [1.807, 2.05) is 62.6 Å². The highest BCUT2D eigenvalue weighted by atomic mass is 32.2. The van der Waals surface area contributed by atoms with Gasteiger partial charge in [0.05, 0.1) is 11.4 Å². The Hall–Kier alpha value is -2.41. The van der Waals surface area contributed by atoms with Crippen LogP contribution in [0.4, 0.5) is 0 Å². The Kier molecular flexibility index (Phi) is 5.10. The second kappa shape index (κ2) is 7.54. The van der Waals surface area contributed by atoms with Crippen molar-refractivity contribution in [3.8, 4) is 11.3 Å². The van der Waals surface area contributed by atoms with Crippen molar-refractivity contribution in [2.24, 2.45) is 0 Å². The van der Waals surface area contributed by atoms with Gasteiger partial charge in [-0.05, 0) is 49.8 Å². The maximum atomic E-state index is 13.1. The molecule has 146 valence electrons. The van der Waals surface area contributed by atoms with E-state index < -0.39 is 10.0 Å². The first-order chi connectivity index (χ1) is 13.4. The summed E-state index contributed by atoms with van der Waals surface area (Å²) in [4.78, 5) is 2.38. The van der Waals surface area contributed by atoms with Crippen LogP contribution < -0.4 is 0 Å². The Balaban J connectivity index is 1.55. The zero-order valence-electron chi connectivity index (χ0n) is 16.1. The molecule has 2 heterocycles. The third-order valence-corrected chi connectivity index (χ3v) is 6.82. The van der Waals surface area contributed by atoms with Crippen LogP contribution in [-0.2, 0) is 29.5 Å². The van der Waals surface area contributed by atoms with Crippen LogP contribution in [0.1, 0.15) is 16.9 Å². The number of fused-ring (bicyclic) bond motifs is 1. The topological polar surface area (TPSA) is 53.8 Å². The molecule has 0 atom stereocenters. The summed E-state index contributed by atoms with van der Waals surface area (Å²) in [6.45, 7) is 1.51. The quantitative estimate of drug-likeness (QED) is 0.659. The van der Waals surface area contributed by atoms with Crippen LogP contribution in [0.2, 0.25) is 0 Å². The van der Waals surface area contributed by atoms with Crippen LogP contribution >= 0.6 is 0 Å². The molecule has 1 aromatic heterocycles. The van der Waals surface area contributed by atoms with E-state index in [2.05, 4.69) is 4.90 Å². The summed E-state index contributed by atoms with van der Waals surface area (Å²) >= 11 is 0. The standard InChI is InChI=1S/C22H24N2O3S/c1-23(2)15-17-8-10-20(11-9-17)28(25,26)24-13-12-19-14-21(27-22(19)16-24)18-6-4-3-5-7-18/h3-11,14H,12-13,15-16H2,1-2H3. The Morgan fingerprint density at radius 3 is 2.43 bits per heavy atom. The van der Waals surface area contributed by atoms with Crippen LogP contribution in [0.5, 0.6) is 0 Å². The predicted octanol–water partition coefficient (Wildman–Crippen LogP) is 3.76. The molecule has 0 spiro atoms. The molecule has 0 N–H and O–H groups in total.